The first-order valence-electron chi connectivity index (χ1n) is 21.8. The van der Waals surface area contributed by atoms with Gasteiger partial charge in [0.05, 0.1) is 26.4 Å². The van der Waals surface area contributed by atoms with Crippen molar-refractivity contribution in [2.24, 2.45) is 0 Å². The van der Waals surface area contributed by atoms with Gasteiger partial charge >= 0.3 is 31.3 Å². The molecule has 0 aromatic heterocycles. The number of aliphatic hydroxyl groups excluding tert-OH is 2. The summed E-state index contributed by atoms with van der Waals surface area (Å²) in [6, 6.07) is 0. The first-order chi connectivity index (χ1) is 27.1. The predicted molar refractivity (Wildman–Crippen MR) is 233 cm³/mol. The number of aliphatic hydroxyl groups is 2. The molecule has 0 radical (unpaired) electrons. The van der Waals surface area contributed by atoms with Crippen LogP contribution < -0.4 is 0 Å². The van der Waals surface area contributed by atoms with Gasteiger partial charge in [-0.05, 0) is 53.4 Å². The topological polar surface area (TPSA) is 245 Å². The zero-order valence-electron chi connectivity index (χ0n) is 38.0. The van der Waals surface area contributed by atoms with Gasteiger partial charge in [-0.3, -0.25) is 18.1 Å². The molecule has 16 nitrogen and oxygen atoms in total. The Labute approximate surface area is 374 Å². The molecule has 0 spiro atoms. The normalized spacial score (nSPS) is 11.9. The molecule has 59 heavy (non-hydrogen) atoms. The van der Waals surface area contributed by atoms with E-state index >= 15 is 0 Å². The van der Waals surface area contributed by atoms with Crippen LogP contribution in [0.25, 0.3) is 0 Å². The van der Waals surface area contributed by atoms with Gasteiger partial charge < -0.3 is 29.8 Å². The summed E-state index contributed by atoms with van der Waals surface area (Å²) in [4.78, 5) is 35.6. The minimum absolute atomic E-state index is 0. The summed E-state index contributed by atoms with van der Waals surface area (Å²) in [5, 5.41) is 16.1. The average Bonchev–Trinajstić information content (AvgIpc) is 3.08. The Kier molecular flexibility index (Phi) is 55.3. The third-order valence-corrected chi connectivity index (χ3v) is 12.7. The predicted octanol–water partition coefficient (Wildman–Crippen LogP) is 12.7. The van der Waals surface area contributed by atoms with Gasteiger partial charge in [0, 0.05) is 33.9 Å². The summed E-state index contributed by atoms with van der Waals surface area (Å²) in [5.41, 5.74) is 0. The van der Waals surface area contributed by atoms with Crippen LogP contribution in [0.15, 0.2) is 0 Å². The molecular formula is C38H88O16P4Ti. The molecule has 0 atom stereocenters. The van der Waals surface area contributed by atoms with E-state index in [9.17, 15) is 18.3 Å². The maximum absolute atomic E-state index is 12.3. The van der Waals surface area contributed by atoms with Crippen LogP contribution in [-0.4, -0.2) is 68.4 Å². The molecule has 0 unspecified atom stereocenters. The smallest absolute Gasteiger partial charge is 0.394 e. The van der Waals surface area contributed by atoms with Crippen molar-refractivity contribution in [2.75, 3.05) is 26.4 Å². The zero-order chi connectivity index (χ0) is 45.2. The van der Waals surface area contributed by atoms with Gasteiger partial charge in [0.2, 0.25) is 0 Å². The minimum Gasteiger partial charge on any atom is -0.394 e. The molecule has 0 bridgehead atoms. The van der Waals surface area contributed by atoms with Crippen LogP contribution in [0.4, 0.5) is 0 Å². The van der Waals surface area contributed by atoms with Crippen molar-refractivity contribution in [2.45, 2.75) is 222 Å². The zero-order valence-corrected chi connectivity index (χ0v) is 43.1. The van der Waals surface area contributed by atoms with E-state index in [1.807, 2.05) is 0 Å². The molecule has 0 saturated carbocycles. The van der Waals surface area contributed by atoms with Crippen molar-refractivity contribution < 1.29 is 96.5 Å². The summed E-state index contributed by atoms with van der Waals surface area (Å²) in [6.45, 7) is 15.8. The Morgan fingerprint density at radius 1 is 0.356 bits per heavy atom. The summed E-state index contributed by atoms with van der Waals surface area (Å²) in [7, 11) is -18.3. The molecule has 360 valence electrons. The van der Waals surface area contributed by atoms with Gasteiger partial charge in [0.15, 0.2) is 0 Å². The van der Waals surface area contributed by atoms with Gasteiger partial charge in [-0.25, -0.2) is 18.3 Å². The number of phosphoric ester groups is 2. The second kappa shape index (κ2) is 47.1. The maximum Gasteiger partial charge on any atom is 0.483 e. The van der Waals surface area contributed by atoms with Gasteiger partial charge in [0.1, 0.15) is 0 Å². The van der Waals surface area contributed by atoms with E-state index in [2.05, 4.69) is 36.3 Å². The second-order valence-electron chi connectivity index (χ2n) is 14.6. The quantitative estimate of drug-likeness (QED) is 0.0194. The molecule has 0 aromatic carbocycles. The van der Waals surface area contributed by atoms with Crippen molar-refractivity contribution in [3.05, 3.63) is 0 Å². The van der Waals surface area contributed by atoms with E-state index in [4.69, 9.17) is 47.9 Å². The van der Waals surface area contributed by atoms with E-state index in [0.29, 0.717) is 25.7 Å². The van der Waals surface area contributed by atoms with E-state index in [1.165, 1.54) is 25.7 Å². The Bertz CT molecular complexity index is 918. The van der Waals surface area contributed by atoms with Gasteiger partial charge in [-0.2, -0.15) is 8.62 Å². The molecular weight excluding hydrogens is 884 g/mol. The molecule has 0 aliphatic heterocycles. The third-order valence-electron chi connectivity index (χ3n) is 7.40. The molecule has 0 aromatic rings. The molecule has 0 aliphatic rings. The fourth-order valence-electron chi connectivity index (χ4n) is 4.66. The molecule has 21 heteroatoms. The number of hydrogen-bond acceptors (Lipinski definition) is 12. The third kappa shape index (κ3) is 68.4. The Hall–Kier alpha value is 1.15. The first-order valence-corrected chi connectivity index (χ1v) is 27.8. The molecule has 0 fully saturated rings. The van der Waals surface area contributed by atoms with E-state index in [-0.39, 0.29) is 60.4 Å². The molecule has 0 rings (SSSR count). The first kappa shape index (κ1) is 69.2. The van der Waals surface area contributed by atoms with Crippen LogP contribution >= 0.6 is 31.3 Å². The van der Waals surface area contributed by atoms with Crippen molar-refractivity contribution in [1.82, 2.24) is 0 Å². The number of phosphoric acid groups is 4. The fourth-order valence-corrected chi connectivity index (χ4v) is 9.06. The van der Waals surface area contributed by atoms with Crippen molar-refractivity contribution >= 4 is 31.3 Å². The molecule has 0 saturated heterocycles. The summed E-state index contributed by atoms with van der Waals surface area (Å²) >= 11 is 0. The molecule has 0 aliphatic carbocycles. The van der Waals surface area contributed by atoms with Crippen molar-refractivity contribution in [3.8, 4) is 0 Å². The Balaban J connectivity index is -0.000000274. The van der Waals surface area contributed by atoms with Crippen molar-refractivity contribution in [3.63, 3.8) is 0 Å². The van der Waals surface area contributed by atoms with Crippen LogP contribution in [-0.2, 0) is 66.7 Å². The van der Waals surface area contributed by atoms with Gasteiger partial charge in [-0.1, -0.05) is 156 Å². The second-order valence-corrected chi connectivity index (χ2v) is 20.7. The minimum atomic E-state index is -4.94. The van der Waals surface area contributed by atoms with Crippen molar-refractivity contribution in [1.29, 1.82) is 0 Å². The largest absolute Gasteiger partial charge is 0.483 e. The van der Waals surface area contributed by atoms with Crippen LogP contribution in [0.1, 0.15) is 209 Å². The molecule has 6 N–H and O–H groups in total. The summed E-state index contributed by atoms with van der Waals surface area (Å²) < 4.78 is 75.6. The van der Waals surface area contributed by atoms with E-state index < -0.39 is 31.3 Å². The van der Waals surface area contributed by atoms with Crippen LogP contribution in [0.3, 0.4) is 0 Å². The number of hydrogen-bond donors (Lipinski definition) is 6. The Morgan fingerprint density at radius 3 is 0.661 bits per heavy atom. The van der Waals surface area contributed by atoms with Crippen LogP contribution in [0, 0.1) is 0 Å². The van der Waals surface area contributed by atoms with Crippen LogP contribution in [0.5, 0.6) is 0 Å². The van der Waals surface area contributed by atoms with Gasteiger partial charge in [-0.15, -0.1) is 0 Å². The van der Waals surface area contributed by atoms with Gasteiger partial charge in [0.25, 0.3) is 0 Å². The average molecular weight is 973 g/mol. The van der Waals surface area contributed by atoms with E-state index in [0.717, 1.165) is 103 Å². The number of rotatable bonds is 36. The Morgan fingerprint density at radius 2 is 0.508 bits per heavy atom. The number of unbranched alkanes of at least 4 members (excludes halogenated alkanes) is 20. The molecule has 0 amide bonds. The summed E-state index contributed by atoms with van der Waals surface area (Å²) in [6.07, 6.45) is 24.1. The molecule has 0 heterocycles. The monoisotopic (exact) mass is 972 g/mol. The van der Waals surface area contributed by atoms with E-state index in [1.54, 1.807) is 27.7 Å². The summed E-state index contributed by atoms with van der Waals surface area (Å²) in [5.74, 6) is 0. The standard InChI is InChI=1S/2C16H36O7P2.2C3H8O.Ti/c2*1-3-5-7-9-11-13-15-21-25(20,23-24(17,18)19)22-16-14-12-10-8-6-4-2;2*1-3(2)4;/h2*3-16H2,1-2H3,(H2,17,18,19);2*3-4H,1-2H3;. The maximum atomic E-state index is 12.3. The fraction of sp³-hybridized carbons (Fsp3) is 1.00. The van der Waals surface area contributed by atoms with Crippen LogP contribution in [0.2, 0.25) is 0 Å². The SMILES string of the molecule is CC(C)O.CC(C)O.CCCCCCCCOP(=O)(OCCCCCCCC)OP(=O)(O)O.CCCCCCCCOP(=O)(OCCCCCCCC)OP(=O)(O)O.[Ti].